The van der Waals surface area contributed by atoms with E-state index >= 15 is 0 Å². The molecule has 0 aromatic heterocycles. The first-order chi connectivity index (χ1) is 3.29. The van der Waals surface area contributed by atoms with Crippen LogP contribution in [-0.4, -0.2) is 22.4 Å². The minimum atomic E-state index is -0.708. The zero-order chi connectivity index (χ0) is 5.28. The molecule has 3 heteroatoms. The largest absolute Gasteiger partial charge is 0.610 e. The van der Waals surface area contributed by atoms with Gasteiger partial charge in [-0.1, -0.05) is 0 Å². The second kappa shape index (κ2) is 1.76. The van der Waals surface area contributed by atoms with Crippen LogP contribution in [0, 0.1) is 0 Å². The summed E-state index contributed by atoms with van der Waals surface area (Å²) in [5, 5.41) is 1.69. The maximum Gasteiger partial charge on any atom is 0.182 e. The zero-order valence-electron chi connectivity index (χ0n) is 4.13. The Morgan fingerprint density at radius 2 is 2.57 bits per heavy atom. The van der Waals surface area contributed by atoms with E-state index < -0.39 is 11.2 Å². The SMILES string of the molecule is CN1C=C[S+]([O-])C1. The van der Waals surface area contributed by atoms with Crippen molar-refractivity contribution in [3.63, 3.8) is 0 Å². The van der Waals surface area contributed by atoms with Crippen LogP contribution in [0.3, 0.4) is 0 Å². The summed E-state index contributed by atoms with van der Waals surface area (Å²) in [5.41, 5.74) is 0. The summed E-state index contributed by atoms with van der Waals surface area (Å²) in [7, 11) is 1.90. The summed E-state index contributed by atoms with van der Waals surface area (Å²) in [4.78, 5) is 1.90. The summed E-state index contributed by atoms with van der Waals surface area (Å²) in [6.45, 7) is 0. The van der Waals surface area contributed by atoms with Crippen LogP contribution in [0.2, 0.25) is 0 Å². The van der Waals surface area contributed by atoms with E-state index in [1.54, 1.807) is 5.41 Å². The van der Waals surface area contributed by atoms with Crippen LogP contribution in [0.1, 0.15) is 0 Å². The highest BCUT2D eigenvalue weighted by molar-refractivity contribution is 7.94. The van der Waals surface area contributed by atoms with Crippen LogP contribution in [0.25, 0.3) is 0 Å². The Labute approximate surface area is 46.0 Å². The lowest BCUT2D eigenvalue weighted by Gasteiger charge is -2.03. The number of rotatable bonds is 0. The van der Waals surface area contributed by atoms with Gasteiger partial charge in [0.1, 0.15) is 5.41 Å². The highest BCUT2D eigenvalue weighted by Crippen LogP contribution is 2.04. The topological polar surface area (TPSA) is 26.3 Å². The van der Waals surface area contributed by atoms with E-state index in [1.165, 1.54) is 0 Å². The molecular formula is C4H7NOS. The molecule has 0 saturated heterocycles. The smallest absolute Gasteiger partial charge is 0.182 e. The van der Waals surface area contributed by atoms with E-state index in [1.807, 2.05) is 18.1 Å². The molecule has 0 aliphatic carbocycles. The fourth-order valence-electron chi connectivity index (χ4n) is 0.459. The Morgan fingerprint density at radius 1 is 1.86 bits per heavy atom. The number of hydrogen-bond donors (Lipinski definition) is 0. The van der Waals surface area contributed by atoms with Crippen molar-refractivity contribution in [3.8, 4) is 0 Å². The molecule has 1 aliphatic rings. The molecule has 1 unspecified atom stereocenters. The van der Waals surface area contributed by atoms with Gasteiger partial charge in [-0.2, -0.15) is 0 Å². The van der Waals surface area contributed by atoms with Gasteiger partial charge >= 0.3 is 0 Å². The van der Waals surface area contributed by atoms with E-state index in [4.69, 9.17) is 0 Å². The fraction of sp³-hybridized carbons (Fsp3) is 0.500. The van der Waals surface area contributed by atoms with Crippen molar-refractivity contribution in [2.45, 2.75) is 0 Å². The summed E-state index contributed by atoms with van der Waals surface area (Å²) < 4.78 is 10.4. The van der Waals surface area contributed by atoms with E-state index in [0.717, 1.165) is 0 Å². The standard InChI is InChI=1S/C4H7NOS/c1-5-2-3-7(6)4-5/h2-3H,4H2,1H3. The summed E-state index contributed by atoms with van der Waals surface area (Å²) in [6.07, 6.45) is 1.83. The first kappa shape index (κ1) is 5.00. The first-order valence-corrected chi connectivity index (χ1v) is 3.43. The molecule has 0 spiro atoms. The third-order valence-electron chi connectivity index (χ3n) is 0.798. The van der Waals surface area contributed by atoms with E-state index in [-0.39, 0.29) is 0 Å². The lowest BCUT2D eigenvalue weighted by Crippen LogP contribution is -2.11. The molecule has 2 nitrogen and oxygen atoms in total. The Kier molecular flexibility index (Phi) is 1.25. The second-order valence-electron chi connectivity index (χ2n) is 1.55. The van der Waals surface area contributed by atoms with Crippen LogP contribution in [0.4, 0.5) is 0 Å². The average molecular weight is 117 g/mol. The van der Waals surface area contributed by atoms with Crippen LogP contribution in [0.15, 0.2) is 11.6 Å². The molecule has 7 heavy (non-hydrogen) atoms. The van der Waals surface area contributed by atoms with Crippen LogP contribution < -0.4 is 0 Å². The summed E-state index contributed by atoms with van der Waals surface area (Å²) in [5.74, 6) is 0.667. The van der Waals surface area contributed by atoms with Crippen molar-refractivity contribution in [1.82, 2.24) is 4.90 Å². The van der Waals surface area contributed by atoms with Crippen molar-refractivity contribution in [2.75, 3.05) is 12.9 Å². The molecule has 0 bridgehead atoms. The zero-order valence-corrected chi connectivity index (χ0v) is 4.94. The van der Waals surface area contributed by atoms with Gasteiger partial charge in [-0.25, -0.2) is 0 Å². The fourth-order valence-corrected chi connectivity index (χ4v) is 1.38. The van der Waals surface area contributed by atoms with Crippen molar-refractivity contribution in [3.05, 3.63) is 11.6 Å². The molecule has 0 amide bonds. The highest BCUT2D eigenvalue weighted by atomic mass is 32.2. The van der Waals surface area contributed by atoms with Gasteiger partial charge in [0, 0.05) is 18.2 Å². The molecule has 0 saturated carbocycles. The van der Waals surface area contributed by atoms with Crippen molar-refractivity contribution < 1.29 is 4.55 Å². The van der Waals surface area contributed by atoms with Gasteiger partial charge in [0.05, 0.1) is 6.20 Å². The van der Waals surface area contributed by atoms with Crippen LogP contribution in [-0.2, 0) is 11.2 Å². The molecule has 0 aromatic rings. The van der Waals surface area contributed by atoms with Gasteiger partial charge in [-0.15, -0.1) is 0 Å². The quantitative estimate of drug-likeness (QED) is 0.421. The van der Waals surface area contributed by atoms with Gasteiger partial charge in [0.15, 0.2) is 5.88 Å². The first-order valence-electron chi connectivity index (χ1n) is 2.05. The monoisotopic (exact) mass is 117 g/mol. The Morgan fingerprint density at radius 3 is 2.71 bits per heavy atom. The molecule has 0 N–H and O–H groups in total. The normalized spacial score (nSPS) is 29.4. The molecule has 1 rings (SSSR count). The Hall–Kier alpha value is -0.150. The van der Waals surface area contributed by atoms with Crippen molar-refractivity contribution in [1.29, 1.82) is 0 Å². The molecule has 1 heterocycles. The minimum Gasteiger partial charge on any atom is -0.610 e. The maximum absolute atomic E-state index is 10.4. The van der Waals surface area contributed by atoms with Gasteiger partial charge in [0.2, 0.25) is 0 Å². The maximum atomic E-state index is 10.4. The van der Waals surface area contributed by atoms with Gasteiger partial charge < -0.3 is 9.45 Å². The minimum absolute atomic E-state index is 0.667. The number of hydrogen-bond acceptors (Lipinski definition) is 2. The molecule has 0 aromatic carbocycles. The number of nitrogens with zero attached hydrogens (tertiary/aromatic N) is 1. The van der Waals surface area contributed by atoms with Gasteiger partial charge in [0.25, 0.3) is 0 Å². The summed E-state index contributed by atoms with van der Waals surface area (Å²) in [6, 6.07) is 0. The van der Waals surface area contributed by atoms with Crippen LogP contribution >= 0.6 is 0 Å². The molecular weight excluding hydrogens is 110 g/mol. The Bertz CT molecular complexity index is 83.7. The predicted molar refractivity (Wildman–Crippen MR) is 29.9 cm³/mol. The van der Waals surface area contributed by atoms with Crippen LogP contribution in [0.5, 0.6) is 0 Å². The predicted octanol–water partition coefficient (Wildman–Crippen LogP) is 0.109. The molecule has 1 aliphatic heterocycles. The van der Waals surface area contributed by atoms with E-state index in [9.17, 15) is 4.55 Å². The molecule has 0 radical (unpaired) electrons. The average Bonchev–Trinajstić information content (AvgIpc) is 1.87. The lowest BCUT2D eigenvalue weighted by molar-refractivity contribution is 0.525. The van der Waals surface area contributed by atoms with Gasteiger partial charge in [-0.3, -0.25) is 0 Å². The summed E-state index contributed by atoms with van der Waals surface area (Å²) >= 11 is -0.708. The Balaban J connectivity index is 2.42. The lowest BCUT2D eigenvalue weighted by atomic mass is 10.9. The third-order valence-corrected chi connectivity index (χ3v) is 1.89. The third kappa shape index (κ3) is 1.11. The molecule has 0 fully saturated rings. The van der Waals surface area contributed by atoms with E-state index in [2.05, 4.69) is 0 Å². The van der Waals surface area contributed by atoms with Crippen molar-refractivity contribution >= 4 is 11.2 Å². The van der Waals surface area contributed by atoms with Crippen molar-refractivity contribution in [2.24, 2.45) is 0 Å². The molecule has 40 valence electrons. The molecule has 1 atom stereocenters. The van der Waals surface area contributed by atoms with Gasteiger partial charge in [-0.05, 0) is 0 Å². The van der Waals surface area contributed by atoms with E-state index in [0.29, 0.717) is 5.88 Å². The second-order valence-corrected chi connectivity index (χ2v) is 2.84. The highest BCUT2D eigenvalue weighted by Gasteiger charge is 2.09.